The number of fused-ring (bicyclic) bond motifs is 1. The van der Waals surface area contributed by atoms with Crippen molar-refractivity contribution >= 4 is 21.8 Å². The van der Waals surface area contributed by atoms with Crippen LogP contribution in [0.25, 0.3) is 0 Å². The van der Waals surface area contributed by atoms with Crippen LogP contribution >= 0.6 is 15.9 Å². The van der Waals surface area contributed by atoms with Gasteiger partial charge in [-0.1, -0.05) is 42.1 Å². The van der Waals surface area contributed by atoms with Crippen molar-refractivity contribution in [3.8, 4) is 11.5 Å². The number of benzene rings is 1. The van der Waals surface area contributed by atoms with Gasteiger partial charge in [-0.05, 0) is 63.6 Å². The van der Waals surface area contributed by atoms with Crippen molar-refractivity contribution in [3.63, 3.8) is 0 Å². The van der Waals surface area contributed by atoms with Gasteiger partial charge in [0.05, 0.1) is 0 Å². The molecule has 0 fully saturated rings. The molecule has 1 amide bonds. The van der Waals surface area contributed by atoms with Crippen molar-refractivity contribution in [2.45, 2.75) is 89.5 Å². The van der Waals surface area contributed by atoms with E-state index < -0.39 is 4.83 Å². The molecule has 0 bridgehead atoms. The molecule has 2 rings (SSSR count). The van der Waals surface area contributed by atoms with Crippen molar-refractivity contribution in [1.29, 1.82) is 0 Å². The van der Waals surface area contributed by atoms with Crippen LogP contribution in [0.1, 0.15) is 80.5 Å². The SMILES string of the molecule is CCCCCCC1(C)CC(C(Br)C(N)=O)c2c(C)c(O)c(C)c(C)c2O1. The van der Waals surface area contributed by atoms with Gasteiger partial charge < -0.3 is 15.6 Å². The number of halogens is 1. The van der Waals surface area contributed by atoms with Gasteiger partial charge in [0.25, 0.3) is 0 Å². The number of carbonyl (C=O) groups is 1. The number of nitrogens with two attached hydrogens (primary N) is 1. The smallest absolute Gasteiger partial charge is 0.231 e. The highest BCUT2D eigenvalue weighted by Gasteiger charge is 2.43. The summed E-state index contributed by atoms with van der Waals surface area (Å²) in [5.74, 6) is 0.606. The van der Waals surface area contributed by atoms with Gasteiger partial charge in [0, 0.05) is 11.5 Å². The lowest BCUT2D eigenvalue weighted by molar-refractivity contribution is -0.118. The third kappa shape index (κ3) is 4.03. The van der Waals surface area contributed by atoms with E-state index in [1.807, 2.05) is 20.8 Å². The Hall–Kier alpha value is -1.23. The number of phenolic OH excluding ortho intramolecular Hbond substituents is 1. The summed E-state index contributed by atoms with van der Waals surface area (Å²) in [6.07, 6.45) is 6.36. The third-order valence-electron chi connectivity index (χ3n) is 5.82. The van der Waals surface area contributed by atoms with Crippen molar-refractivity contribution in [2.75, 3.05) is 0 Å². The molecule has 0 aromatic heterocycles. The summed E-state index contributed by atoms with van der Waals surface area (Å²) in [4.78, 5) is 11.5. The van der Waals surface area contributed by atoms with E-state index in [4.69, 9.17) is 10.5 Å². The van der Waals surface area contributed by atoms with E-state index in [0.29, 0.717) is 6.42 Å². The summed E-state index contributed by atoms with van der Waals surface area (Å²) in [5, 5.41) is 10.5. The first-order valence-corrected chi connectivity index (χ1v) is 10.5. The number of hydrogen-bond donors (Lipinski definition) is 2. The molecule has 4 nitrogen and oxygen atoms in total. The van der Waals surface area contributed by atoms with Gasteiger partial charge in [-0.25, -0.2) is 0 Å². The number of amides is 1. The van der Waals surface area contributed by atoms with Crippen LogP contribution in [-0.2, 0) is 4.79 Å². The molecule has 3 N–H and O–H groups in total. The minimum absolute atomic E-state index is 0.113. The van der Waals surface area contributed by atoms with Gasteiger partial charge >= 0.3 is 0 Å². The summed E-state index contributed by atoms with van der Waals surface area (Å²) < 4.78 is 6.52. The second-order valence-corrected chi connectivity index (χ2v) is 8.93. The van der Waals surface area contributed by atoms with Gasteiger partial charge in [-0.3, -0.25) is 4.79 Å². The number of primary amides is 1. The first-order valence-electron chi connectivity index (χ1n) is 9.58. The maximum Gasteiger partial charge on any atom is 0.231 e. The van der Waals surface area contributed by atoms with E-state index in [1.54, 1.807) is 0 Å². The first-order chi connectivity index (χ1) is 12.1. The summed E-state index contributed by atoms with van der Waals surface area (Å²) in [6.45, 7) is 10.1. The zero-order valence-corrected chi connectivity index (χ0v) is 18.2. The molecule has 0 saturated heterocycles. The predicted molar refractivity (Wildman–Crippen MR) is 109 cm³/mol. The van der Waals surface area contributed by atoms with Crippen LogP contribution in [0.15, 0.2) is 0 Å². The van der Waals surface area contributed by atoms with E-state index in [9.17, 15) is 9.90 Å². The zero-order chi connectivity index (χ0) is 19.6. The summed E-state index contributed by atoms with van der Waals surface area (Å²) in [7, 11) is 0. The molecule has 0 aliphatic carbocycles. The Morgan fingerprint density at radius 3 is 2.50 bits per heavy atom. The lowest BCUT2D eigenvalue weighted by atomic mass is 9.76. The Balaban J connectivity index is 2.48. The second kappa shape index (κ2) is 8.20. The van der Waals surface area contributed by atoms with Crippen LogP contribution in [0.2, 0.25) is 0 Å². The molecule has 1 aromatic rings. The Labute approximate surface area is 165 Å². The summed E-state index contributed by atoms with van der Waals surface area (Å²) >= 11 is 3.51. The Morgan fingerprint density at radius 2 is 1.92 bits per heavy atom. The van der Waals surface area contributed by atoms with E-state index in [0.717, 1.165) is 40.8 Å². The average Bonchev–Trinajstić information content (AvgIpc) is 2.60. The molecule has 5 heteroatoms. The van der Waals surface area contributed by atoms with Gasteiger partial charge in [-0.15, -0.1) is 0 Å². The highest BCUT2D eigenvalue weighted by molar-refractivity contribution is 9.10. The van der Waals surface area contributed by atoms with Crippen LogP contribution in [0.3, 0.4) is 0 Å². The van der Waals surface area contributed by atoms with Crippen LogP contribution < -0.4 is 10.5 Å². The van der Waals surface area contributed by atoms with Gasteiger partial charge in [0.1, 0.15) is 21.9 Å². The largest absolute Gasteiger partial charge is 0.507 e. The standard InChI is InChI=1S/C21H32BrNO3/c1-6-7-8-9-10-21(5)11-15(17(22)20(23)25)16-14(4)18(24)12(2)13(3)19(16)26-21/h15,17,24H,6-11H2,1-5H3,(H2,23,25). The number of unbranched alkanes of at least 4 members (excludes halogenated alkanes) is 3. The molecular weight excluding hydrogens is 394 g/mol. The Bertz CT molecular complexity index is 689. The molecule has 26 heavy (non-hydrogen) atoms. The minimum Gasteiger partial charge on any atom is -0.507 e. The number of phenols is 1. The average molecular weight is 426 g/mol. The second-order valence-electron chi connectivity index (χ2n) is 7.94. The number of alkyl halides is 1. The molecule has 0 saturated carbocycles. The molecule has 1 aliphatic heterocycles. The van der Waals surface area contributed by atoms with Crippen molar-refractivity contribution in [2.24, 2.45) is 5.73 Å². The fourth-order valence-electron chi connectivity index (χ4n) is 4.09. The Kier molecular flexibility index (Phi) is 6.65. The van der Waals surface area contributed by atoms with Gasteiger partial charge in [-0.2, -0.15) is 0 Å². The molecule has 1 aliphatic rings. The normalized spacial score (nSPS) is 23.2. The molecule has 0 radical (unpaired) electrons. The van der Waals surface area contributed by atoms with E-state index in [1.165, 1.54) is 19.3 Å². The number of hydrogen-bond acceptors (Lipinski definition) is 3. The molecule has 1 aromatic carbocycles. The molecule has 1 heterocycles. The van der Waals surface area contributed by atoms with Crippen molar-refractivity contribution in [1.82, 2.24) is 0 Å². The summed E-state index contributed by atoms with van der Waals surface area (Å²) in [5.41, 5.74) is 8.75. The molecule has 0 spiro atoms. The van der Waals surface area contributed by atoms with Crippen molar-refractivity contribution < 1.29 is 14.6 Å². The Morgan fingerprint density at radius 1 is 1.27 bits per heavy atom. The highest BCUT2D eigenvalue weighted by atomic mass is 79.9. The predicted octanol–water partition coefficient (Wildman–Crippen LogP) is 5.16. The number of rotatable bonds is 7. The maximum atomic E-state index is 11.9. The van der Waals surface area contributed by atoms with Crippen LogP contribution in [0.4, 0.5) is 0 Å². The zero-order valence-electron chi connectivity index (χ0n) is 16.6. The molecule has 3 atom stereocenters. The molecular formula is C21H32BrNO3. The minimum atomic E-state index is -0.486. The fraction of sp³-hybridized carbons (Fsp3) is 0.667. The lowest BCUT2D eigenvalue weighted by Gasteiger charge is -2.43. The first kappa shape index (κ1) is 21.1. The van der Waals surface area contributed by atoms with Crippen LogP contribution in [0.5, 0.6) is 11.5 Å². The van der Waals surface area contributed by atoms with Crippen molar-refractivity contribution in [3.05, 3.63) is 22.3 Å². The maximum absolute atomic E-state index is 11.9. The molecule has 146 valence electrons. The number of aromatic hydroxyl groups is 1. The van der Waals surface area contributed by atoms with E-state index in [-0.39, 0.29) is 23.2 Å². The highest BCUT2D eigenvalue weighted by Crippen LogP contribution is 2.51. The topological polar surface area (TPSA) is 72.6 Å². The quantitative estimate of drug-likeness (QED) is 0.467. The van der Waals surface area contributed by atoms with E-state index >= 15 is 0 Å². The van der Waals surface area contributed by atoms with Crippen LogP contribution in [0, 0.1) is 20.8 Å². The molecule has 3 unspecified atom stereocenters. The number of carbonyl (C=O) groups excluding carboxylic acids is 1. The van der Waals surface area contributed by atoms with Crippen LogP contribution in [-0.4, -0.2) is 21.4 Å². The monoisotopic (exact) mass is 425 g/mol. The van der Waals surface area contributed by atoms with Gasteiger partial charge in [0.2, 0.25) is 5.91 Å². The van der Waals surface area contributed by atoms with Gasteiger partial charge in [0.15, 0.2) is 0 Å². The third-order valence-corrected chi connectivity index (χ3v) is 6.91. The number of ether oxygens (including phenoxy) is 1. The fourth-order valence-corrected chi connectivity index (χ4v) is 4.54. The summed E-state index contributed by atoms with van der Waals surface area (Å²) in [6, 6.07) is 0. The van der Waals surface area contributed by atoms with E-state index in [2.05, 4.69) is 29.8 Å². The lowest BCUT2D eigenvalue weighted by Crippen LogP contribution is -2.43.